The quantitative estimate of drug-likeness (QED) is 0.793. The van der Waals surface area contributed by atoms with Crippen molar-refractivity contribution in [1.82, 2.24) is 20.1 Å². The summed E-state index contributed by atoms with van der Waals surface area (Å²) in [7, 11) is 1.80. The summed E-state index contributed by atoms with van der Waals surface area (Å²) in [5.74, 6) is 2.37. The third-order valence-corrected chi connectivity index (χ3v) is 3.93. The number of aryl methyl sites for hydroxylation is 1. The zero-order valence-corrected chi connectivity index (χ0v) is 13.4. The Morgan fingerprint density at radius 1 is 1.42 bits per heavy atom. The summed E-state index contributed by atoms with van der Waals surface area (Å²) < 4.78 is 1.67. The zero-order valence-electron chi connectivity index (χ0n) is 13.4. The molecular weight excluding hydrogens is 304 g/mol. The van der Waals surface area contributed by atoms with Crippen molar-refractivity contribution in [2.24, 2.45) is 17.3 Å². The van der Waals surface area contributed by atoms with E-state index in [0.717, 1.165) is 17.7 Å². The Balaban J connectivity index is 1.57. The number of nitrogens with zero attached hydrogens (tertiary/aromatic N) is 5. The standard InChI is InChI=1S/C17H18N6O/c1-3-4-7-17(21-22-17)8-10-19-16(24)14-11-15(23(2)20-14)13-6-5-9-18-12-13/h1,5-6,9,11-12H,4,7-8,10H2,2H3,(H,19,24). The van der Waals surface area contributed by atoms with Gasteiger partial charge in [-0.25, -0.2) is 0 Å². The lowest BCUT2D eigenvalue weighted by molar-refractivity contribution is 0.0946. The van der Waals surface area contributed by atoms with Gasteiger partial charge >= 0.3 is 0 Å². The van der Waals surface area contributed by atoms with Crippen LogP contribution in [0, 0.1) is 12.3 Å². The van der Waals surface area contributed by atoms with Gasteiger partial charge in [0.2, 0.25) is 0 Å². The van der Waals surface area contributed by atoms with Crippen molar-refractivity contribution < 1.29 is 4.79 Å². The van der Waals surface area contributed by atoms with Crippen molar-refractivity contribution in [3.05, 3.63) is 36.3 Å². The predicted octanol–water partition coefficient (Wildman–Crippen LogP) is 2.18. The average molecular weight is 322 g/mol. The molecule has 0 spiro atoms. The van der Waals surface area contributed by atoms with E-state index in [2.05, 4.69) is 31.5 Å². The summed E-state index contributed by atoms with van der Waals surface area (Å²) in [4.78, 5) is 16.4. The van der Waals surface area contributed by atoms with Crippen molar-refractivity contribution >= 4 is 5.91 Å². The zero-order chi connectivity index (χ0) is 17.0. The smallest absolute Gasteiger partial charge is 0.271 e. The van der Waals surface area contributed by atoms with Crippen LogP contribution in [-0.4, -0.2) is 32.9 Å². The molecule has 0 aromatic carbocycles. The Bertz CT molecular complexity index is 796. The molecule has 3 heterocycles. The molecule has 122 valence electrons. The highest BCUT2D eigenvalue weighted by Crippen LogP contribution is 2.36. The minimum atomic E-state index is -0.384. The molecule has 2 aromatic rings. The number of amides is 1. The van der Waals surface area contributed by atoms with Gasteiger partial charge < -0.3 is 5.32 Å². The molecule has 0 fully saturated rings. The molecule has 3 rings (SSSR count). The first-order chi connectivity index (χ1) is 11.6. The van der Waals surface area contributed by atoms with Crippen molar-refractivity contribution in [1.29, 1.82) is 0 Å². The number of terminal acetylenes is 1. The molecule has 24 heavy (non-hydrogen) atoms. The van der Waals surface area contributed by atoms with Crippen LogP contribution in [0.25, 0.3) is 11.3 Å². The lowest BCUT2D eigenvalue weighted by Gasteiger charge is -2.08. The Labute approximate surface area is 140 Å². The van der Waals surface area contributed by atoms with Crippen LogP contribution in [-0.2, 0) is 7.05 Å². The minimum absolute atomic E-state index is 0.214. The number of carbonyl (C=O) groups excluding carboxylic acids is 1. The highest BCUT2D eigenvalue weighted by molar-refractivity contribution is 5.93. The molecule has 1 amide bonds. The monoisotopic (exact) mass is 322 g/mol. The van der Waals surface area contributed by atoms with E-state index in [-0.39, 0.29) is 11.6 Å². The van der Waals surface area contributed by atoms with Crippen LogP contribution in [0.15, 0.2) is 40.8 Å². The molecule has 7 heteroatoms. The first-order valence-corrected chi connectivity index (χ1v) is 7.74. The SMILES string of the molecule is C#CCCC1(CCNC(=O)c2cc(-c3cccnc3)n(C)n2)N=N1. The maximum absolute atomic E-state index is 12.3. The molecule has 7 nitrogen and oxygen atoms in total. The van der Waals surface area contributed by atoms with Gasteiger partial charge in [-0.1, -0.05) is 0 Å². The summed E-state index contributed by atoms with van der Waals surface area (Å²) in [6, 6.07) is 5.53. The van der Waals surface area contributed by atoms with Crippen LogP contribution in [0.5, 0.6) is 0 Å². The Hall–Kier alpha value is -3.01. The average Bonchev–Trinajstić information content (AvgIpc) is 3.26. The van der Waals surface area contributed by atoms with Crippen LogP contribution in [0.4, 0.5) is 0 Å². The third-order valence-electron chi connectivity index (χ3n) is 3.93. The molecule has 0 radical (unpaired) electrons. The second-order valence-corrected chi connectivity index (χ2v) is 5.67. The Morgan fingerprint density at radius 3 is 2.92 bits per heavy atom. The number of nitrogens with one attached hydrogen (secondary N) is 1. The van der Waals surface area contributed by atoms with E-state index in [1.807, 2.05) is 12.1 Å². The Kier molecular flexibility index (Phi) is 4.38. The number of rotatable bonds is 7. The van der Waals surface area contributed by atoms with E-state index in [4.69, 9.17) is 6.42 Å². The lowest BCUT2D eigenvalue weighted by Crippen LogP contribution is -2.28. The Morgan fingerprint density at radius 2 is 2.25 bits per heavy atom. The fourth-order valence-electron chi connectivity index (χ4n) is 2.50. The fourth-order valence-corrected chi connectivity index (χ4v) is 2.50. The summed E-state index contributed by atoms with van der Waals surface area (Å²) in [6.45, 7) is 0.481. The molecule has 0 unspecified atom stereocenters. The van der Waals surface area contributed by atoms with Crippen LogP contribution >= 0.6 is 0 Å². The highest BCUT2D eigenvalue weighted by atomic mass is 16.1. The molecule has 1 aliphatic rings. The van der Waals surface area contributed by atoms with Crippen molar-refractivity contribution in [2.45, 2.75) is 24.9 Å². The highest BCUT2D eigenvalue weighted by Gasteiger charge is 2.38. The summed E-state index contributed by atoms with van der Waals surface area (Å²) in [5.41, 5.74) is 1.74. The molecule has 0 bridgehead atoms. The summed E-state index contributed by atoms with van der Waals surface area (Å²) in [5, 5.41) is 15.2. The van der Waals surface area contributed by atoms with Gasteiger partial charge in [-0.15, -0.1) is 12.3 Å². The van der Waals surface area contributed by atoms with Crippen LogP contribution in [0.2, 0.25) is 0 Å². The maximum atomic E-state index is 12.3. The molecule has 1 N–H and O–H groups in total. The molecule has 0 atom stereocenters. The second-order valence-electron chi connectivity index (χ2n) is 5.67. The van der Waals surface area contributed by atoms with Crippen molar-refractivity contribution in [3.63, 3.8) is 0 Å². The molecule has 0 aliphatic carbocycles. The van der Waals surface area contributed by atoms with E-state index in [0.29, 0.717) is 25.1 Å². The number of aromatic nitrogens is 3. The summed E-state index contributed by atoms with van der Waals surface area (Å²) in [6.07, 6.45) is 10.7. The number of pyridine rings is 1. The molecule has 0 saturated carbocycles. The normalized spacial score (nSPS) is 14.2. The van der Waals surface area contributed by atoms with E-state index >= 15 is 0 Å². The van der Waals surface area contributed by atoms with Gasteiger partial charge in [0.05, 0.1) is 5.69 Å². The van der Waals surface area contributed by atoms with E-state index < -0.39 is 0 Å². The van der Waals surface area contributed by atoms with Crippen LogP contribution < -0.4 is 5.32 Å². The van der Waals surface area contributed by atoms with E-state index in [9.17, 15) is 4.79 Å². The lowest BCUT2D eigenvalue weighted by atomic mass is 10.0. The van der Waals surface area contributed by atoms with Gasteiger partial charge in [0.15, 0.2) is 11.4 Å². The van der Waals surface area contributed by atoms with Crippen LogP contribution in [0.1, 0.15) is 29.8 Å². The van der Waals surface area contributed by atoms with Gasteiger partial charge in [-0.3, -0.25) is 14.5 Å². The molecule has 2 aromatic heterocycles. The van der Waals surface area contributed by atoms with Crippen LogP contribution in [0.3, 0.4) is 0 Å². The van der Waals surface area contributed by atoms with E-state index in [1.165, 1.54) is 0 Å². The third kappa shape index (κ3) is 3.49. The van der Waals surface area contributed by atoms with E-state index in [1.54, 1.807) is 30.2 Å². The molecular formula is C17H18N6O. The van der Waals surface area contributed by atoms with Crippen molar-refractivity contribution in [3.8, 4) is 23.6 Å². The number of carbonyl (C=O) groups is 1. The summed E-state index contributed by atoms with van der Waals surface area (Å²) >= 11 is 0. The van der Waals surface area contributed by atoms with Crippen molar-refractivity contribution in [2.75, 3.05) is 6.54 Å². The minimum Gasteiger partial charge on any atom is -0.350 e. The number of hydrogen-bond donors (Lipinski definition) is 1. The van der Waals surface area contributed by atoms with Gasteiger partial charge in [0.25, 0.3) is 5.91 Å². The van der Waals surface area contributed by atoms with Gasteiger partial charge in [-0.05, 0) is 18.2 Å². The first-order valence-electron chi connectivity index (χ1n) is 7.74. The molecule has 0 saturated heterocycles. The first kappa shape index (κ1) is 15.9. The van der Waals surface area contributed by atoms with Gasteiger partial charge in [0.1, 0.15) is 0 Å². The second kappa shape index (κ2) is 6.62. The maximum Gasteiger partial charge on any atom is 0.271 e. The largest absolute Gasteiger partial charge is 0.350 e. The fraction of sp³-hybridized carbons (Fsp3) is 0.353. The van der Waals surface area contributed by atoms with Gasteiger partial charge in [-0.2, -0.15) is 15.3 Å². The molecule has 1 aliphatic heterocycles. The topological polar surface area (TPSA) is 84.5 Å². The predicted molar refractivity (Wildman–Crippen MR) is 89.0 cm³/mol. The number of hydrogen-bond acceptors (Lipinski definition) is 5. The van der Waals surface area contributed by atoms with Gasteiger partial charge in [0, 0.05) is 50.8 Å².